The molecule has 5 nitrogen and oxygen atoms in total. The third-order valence-corrected chi connectivity index (χ3v) is 2.28. The monoisotopic (exact) mass is 208 g/mol. The topological polar surface area (TPSA) is 63.7 Å². The van der Waals surface area contributed by atoms with Crippen LogP contribution in [0.4, 0.5) is 0 Å². The first-order valence-electron chi connectivity index (χ1n) is 4.37. The fourth-order valence-electron chi connectivity index (χ4n) is 1.40. The molecule has 0 aromatic carbocycles. The van der Waals surface area contributed by atoms with Gasteiger partial charge in [-0.15, -0.1) is 0 Å². The second-order valence-corrected chi connectivity index (χ2v) is 3.01. The summed E-state index contributed by atoms with van der Waals surface area (Å²) in [5, 5.41) is 10.2. The van der Waals surface area contributed by atoms with Crippen molar-refractivity contribution in [1.29, 1.82) is 0 Å². The Bertz CT molecular complexity index is 215. The normalized spacial score (nSPS) is 17.4. The van der Waals surface area contributed by atoms with Gasteiger partial charge in [0.25, 0.3) is 5.91 Å². The van der Waals surface area contributed by atoms with Gasteiger partial charge in [-0.2, -0.15) is 0 Å². The molecule has 6 heteroatoms. The maximum absolute atomic E-state index is 10.9. The zero-order chi connectivity index (χ0) is 9.84. The van der Waals surface area contributed by atoms with E-state index < -0.39 is 11.9 Å². The molecule has 74 valence electrons. The van der Waals surface area contributed by atoms with Crippen LogP contribution < -0.4 is 34.7 Å². The largest absolute Gasteiger partial charge is 1.00 e. The summed E-state index contributed by atoms with van der Waals surface area (Å²) in [6.07, 6.45) is 0. The Hall–Kier alpha value is -0.100. The number of carbonyl (C=O) groups is 2. The maximum atomic E-state index is 10.9. The molecule has 0 atom stereocenters. The van der Waals surface area contributed by atoms with Crippen LogP contribution in [0.2, 0.25) is 0 Å². The van der Waals surface area contributed by atoms with Crippen LogP contribution in [0, 0.1) is 0 Å². The van der Waals surface area contributed by atoms with E-state index in [1.165, 1.54) is 4.90 Å². The second-order valence-electron chi connectivity index (χ2n) is 3.01. The van der Waals surface area contributed by atoms with Crippen molar-refractivity contribution in [2.45, 2.75) is 6.92 Å². The number of nitrogens with zero attached hydrogens (tertiary/aromatic N) is 2. The van der Waals surface area contributed by atoms with Gasteiger partial charge in [0.1, 0.15) is 5.97 Å². The predicted molar refractivity (Wildman–Crippen MR) is 43.7 cm³/mol. The Balaban J connectivity index is 0.00000169. The van der Waals surface area contributed by atoms with Crippen LogP contribution in [0.15, 0.2) is 0 Å². The molecule has 0 spiro atoms. The molecule has 1 saturated heterocycles. The molecule has 0 saturated carbocycles. The van der Waals surface area contributed by atoms with Gasteiger partial charge in [0.2, 0.25) is 0 Å². The number of piperazine rings is 1. The van der Waals surface area contributed by atoms with Gasteiger partial charge in [-0.05, 0) is 6.54 Å². The van der Waals surface area contributed by atoms with E-state index in [0.717, 1.165) is 19.6 Å². The van der Waals surface area contributed by atoms with Crippen LogP contribution in [0.3, 0.4) is 0 Å². The molecule has 1 heterocycles. The van der Waals surface area contributed by atoms with Crippen LogP contribution in [-0.4, -0.2) is 54.4 Å². The minimum Gasteiger partial charge on any atom is -0.540 e. The summed E-state index contributed by atoms with van der Waals surface area (Å²) in [6, 6.07) is 0. The summed E-state index contributed by atoms with van der Waals surface area (Å²) < 4.78 is 0. The van der Waals surface area contributed by atoms with Gasteiger partial charge in [-0.3, -0.25) is 4.79 Å². The third kappa shape index (κ3) is 3.57. The maximum Gasteiger partial charge on any atom is 1.00 e. The van der Waals surface area contributed by atoms with Gasteiger partial charge < -0.3 is 19.7 Å². The van der Waals surface area contributed by atoms with Gasteiger partial charge >= 0.3 is 29.6 Å². The number of carbonyl (C=O) groups excluding carboxylic acids is 2. The van der Waals surface area contributed by atoms with Gasteiger partial charge in [0.15, 0.2) is 0 Å². The molecule has 0 aromatic heterocycles. The molecule has 1 rings (SSSR count). The molecule has 14 heavy (non-hydrogen) atoms. The first-order valence-corrected chi connectivity index (χ1v) is 4.37. The zero-order valence-corrected chi connectivity index (χ0v) is 10.7. The summed E-state index contributed by atoms with van der Waals surface area (Å²) in [5.74, 6) is -2.50. The number of carboxylic acid groups (broad SMARTS) is 1. The molecule has 1 amide bonds. The van der Waals surface area contributed by atoms with Crippen LogP contribution in [0.25, 0.3) is 0 Å². The Labute approximate surface area is 105 Å². The number of carboxylic acids is 1. The summed E-state index contributed by atoms with van der Waals surface area (Å²) in [4.78, 5) is 24.7. The average molecular weight is 208 g/mol. The van der Waals surface area contributed by atoms with Crippen molar-refractivity contribution >= 4 is 11.9 Å². The predicted octanol–water partition coefficient (Wildman–Crippen LogP) is -5.10. The molecular formula is C8H13N2NaO3. The number of likely N-dealkylation sites (N-methyl/N-ethyl adjacent to an activating group) is 1. The molecule has 0 N–H and O–H groups in total. The van der Waals surface area contributed by atoms with E-state index in [1.807, 2.05) is 6.92 Å². The van der Waals surface area contributed by atoms with Crippen molar-refractivity contribution in [3.63, 3.8) is 0 Å². The number of aliphatic carboxylic acids is 1. The average Bonchev–Trinajstić information content (AvgIpc) is 2.17. The SMILES string of the molecule is CCN1CCN(C(=O)C(=O)[O-])CC1.[Na+]. The van der Waals surface area contributed by atoms with Gasteiger partial charge in [0, 0.05) is 26.2 Å². The zero-order valence-electron chi connectivity index (χ0n) is 8.65. The molecule has 1 aliphatic rings. The molecule has 1 fully saturated rings. The van der Waals surface area contributed by atoms with Gasteiger partial charge in [0.05, 0.1) is 0 Å². The summed E-state index contributed by atoms with van der Waals surface area (Å²) >= 11 is 0. The van der Waals surface area contributed by atoms with Crippen LogP contribution in [-0.2, 0) is 9.59 Å². The van der Waals surface area contributed by atoms with Crippen LogP contribution in [0.5, 0.6) is 0 Å². The molecule has 0 unspecified atom stereocenters. The molecule has 0 radical (unpaired) electrons. The summed E-state index contributed by atoms with van der Waals surface area (Å²) in [6.45, 7) is 5.44. The number of rotatable bonds is 1. The Morgan fingerprint density at radius 1 is 1.21 bits per heavy atom. The standard InChI is InChI=1S/C8H14N2O3.Na/c1-2-9-3-5-10(6-4-9)7(11)8(12)13;/h2-6H2,1H3,(H,12,13);/q;+1/p-1. The molecule has 1 aliphatic heterocycles. The van der Waals surface area contributed by atoms with E-state index in [0.29, 0.717) is 13.1 Å². The Morgan fingerprint density at radius 2 is 1.71 bits per heavy atom. The number of amides is 1. The van der Waals surface area contributed by atoms with Crippen LogP contribution >= 0.6 is 0 Å². The van der Waals surface area contributed by atoms with Crippen LogP contribution in [0.1, 0.15) is 6.92 Å². The summed E-state index contributed by atoms with van der Waals surface area (Å²) in [5.41, 5.74) is 0. The van der Waals surface area contributed by atoms with Crippen molar-refractivity contribution in [2.24, 2.45) is 0 Å². The van der Waals surface area contributed by atoms with E-state index in [-0.39, 0.29) is 29.6 Å². The molecular weight excluding hydrogens is 195 g/mol. The smallest absolute Gasteiger partial charge is 0.540 e. The number of hydrogen-bond acceptors (Lipinski definition) is 4. The first kappa shape index (κ1) is 13.9. The van der Waals surface area contributed by atoms with E-state index in [4.69, 9.17) is 0 Å². The fourth-order valence-corrected chi connectivity index (χ4v) is 1.40. The van der Waals surface area contributed by atoms with Gasteiger partial charge in [-0.1, -0.05) is 6.92 Å². The van der Waals surface area contributed by atoms with E-state index in [2.05, 4.69) is 4.90 Å². The van der Waals surface area contributed by atoms with E-state index in [9.17, 15) is 14.7 Å². The van der Waals surface area contributed by atoms with E-state index >= 15 is 0 Å². The fraction of sp³-hybridized carbons (Fsp3) is 0.750. The van der Waals surface area contributed by atoms with Gasteiger partial charge in [-0.25, -0.2) is 0 Å². The van der Waals surface area contributed by atoms with E-state index in [1.54, 1.807) is 0 Å². The minimum atomic E-state index is -1.61. The van der Waals surface area contributed by atoms with Crippen molar-refractivity contribution < 1.29 is 44.3 Å². The first-order chi connectivity index (χ1) is 6.15. The Kier molecular flexibility index (Phi) is 6.35. The molecule has 0 aliphatic carbocycles. The van der Waals surface area contributed by atoms with Crippen molar-refractivity contribution in [3.05, 3.63) is 0 Å². The van der Waals surface area contributed by atoms with Crippen molar-refractivity contribution in [1.82, 2.24) is 9.80 Å². The summed E-state index contributed by atoms with van der Waals surface area (Å²) in [7, 11) is 0. The number of hydrogen-bond donors (Lipinski definition) is 0. The Morgan fingerprint density at radius 3 is 2.07 bits per heavy atom. The quantitative estimate of drug-likeness (QED) is 0.319. The molecule has 0 aromatic rings. The molecule has 0 bridgehead atoms. The minimum absolute atomic E-state index is 0. The third-order valence-electron chi connectivity index (χ3n) is 2.28. The second kappa shape index (κ2) is 6.40. The van der Waals surface area contributed by atoms with Crippen molar-refractivity contribution in [2.75, 3.05) is 32.7 Å². The van der Waals surface area contributed by atoms with Crippen molar-refractivity contribution in [3.8, 4) is 0 Å².